The Labute approximate surface area is 185 Å². The van der Waals surface area contributed by atoms with E-state index in [2.05, 4.69) is 17.0 Å². The highest BCUT2D eigenvalue weighted by Gasteiger charge is 2.33. The lowest BCUT2D eigenvalue weighted by Crippen LogP contribution is -2.49. The number of hydrogen-bond acceptors (Lipinski definition) is 3. The van der Waals surface area contributed by atoms with Crippen molar-refractivity contribution in [3.8, 4) is 0 Å². The van der Waals surface area contributed by atoms with Crippen LogP contribution >= 0.6 is 0 Å². The number of amides is 1. The maximum atomic E-state index is 13.8. The summed E-state index contributed by atoms with van der Waals surface area (Å²) < 4.78 is 19.8. The number of carbonyl (C=O) groups excluding carboxylic acids is 1. The molecule has 2 aliphatic heterocycles. The second-order valence-corrected chi connectivity index (χ2v) is 8.74. The summed E-state index contributed by atoms with van der Waals surface area (Å²) in [6, 6.07) is 18.1. The molecule has 1 amide bonds. The summed E-state index contributed by atoms with van der Waals surface area (Å²) >= 11 is 0. The van der Waals surface area contributed by atoms with Crippen LogP contribution in [0.5, 0.6) is 0 Å². The van der Waals surface area contributed by atoms with E-state index < -0.39 is 0 Å². The number of halogens is 1. The van der Waals surface area contributed by atoms with Crippen molar-refractivity contribution in [3.05, 3.63) is 71.5 Å². The van der Waals surface area contributed by atoms with E-state index in [0.29, 0.717) is 37.1 Å². The van der Waals surface area contributed by atoms with Gasteiger partial charge in [-0.05, 0) is 55.8 Å². The molecule has 0 spiro atoms. The molecule has 2 aromatic carbocycles. The summed E-state index contributed by atoms with van der Waals surface area (Å²) in [6.45, 7) is 4.17. The van der Waals surface area contributed by atoms with E-state index in [-0.39, 0.29) is 11.7 Å². The van der Waals surface area contributed by atoms with Gasteiger partial charge in [0.2, 0.25) is 5.91 Å². The lowest BCUT2D eigenvalue weighted by molar-refractivity contribution is -0.132. The van der Waals surface area contributed by atoms with Gasteiger partial charge in [0.05, 0.1) is 13.2 Å². The maximum Gasteiger partial charge on any atom is 0.222 e. The Balaban J connectivity index is 1.20. The molecule has 166 valence electrons. The van der Waals surface area contributed by atoms with Gasteiger partial charge in [-0.2, -0.15) is 0 Å². The van der Waals surface area contributed by atoms with E-state index in [1.54, 1.807) is 12.1 Å². The molecule has 0 aromatic heterocycles. The van der Waals surface area contributed by atoms with Crippen LogP contribution < -0.4 is 0 Å². The second kappa shape index (κ2) is 10.9. The third kappa shape index (κ3) is 5.92. The average molecular weight is 425 g/mol. The van der Waals surface area contributed by atoms with Gasteiger partial charge in [-0.15, -0.1) is 0 Å². The first-order valence-electron chi connectivity index (χ1n) is 11.6. The third-order valence-electron chi connectivity index (χ3n) is 6.70. The Morgan fingerprint density at radius 3 is 2.48 bits per heavy atom. The van der Waals surface area contributed by atoms with Crippen molar-refractivity contribution in [2.24, 2.45) is 0 Å². The van der Waals surface area contributed by atoms with Gasteiger partial charge in [0.25, 0.3) is 0 Å². The first-order chi connectivity index (χ1) is 15.2. The highest BCUT2D eigenvalue weighted by molar-refractivity contribution is 5.76. The van der Waals surface area contributed by atoms with Crippen LogP contribution in [-0.4, -0.2) is 54.0 Å². The molecule has 0 radical (unpaired) electrons. The fourth-order valence-electron chi connectivity index (χ4n) is 4.95. The molecule has 31 heavy (non-hydrogen) atoms. The fraction of sp³-hybridized carbons (Fsp3) is 0.500. The van der Waals surface area contributed by atoms with Crippen molar-refractivity contribution >= 4 is 5.91 Å². The van der Waals surface area contributed by atoms with Gasteiger partial charge >= 0.3 is 0 Å². The van der Waals surface area contributed by atoms with Crippen molar-refractivity contribution in [2.75, 3.05) is 26.2 Å². The smallest absolute Gasteiger partial charge is 0.222 e. The highest BCUT2D eigenvalue weighted by atomic mass is 19.1. The van der Waals surface area contributed by atoms with Gasteiger partial charge in [-0.1, -0.05) is 48.5 Å². The second-order valence-electron chi connectivity index (χ2n) is 8.74. The molecule has 1 atom stereocenters. The van der Waals surface area contributed by atoms with Crippen molar-refractivity contribution < 1.29 is 13.9 Å². The third-order valence-corrected chi connectivity index (χ3v) is 6.70. The zero-order valence-corrected chi connectivity index (χ0v) is 18.2. The van der Waals surface area contributed by atoms with Crippen molar-refractivity contribution in [3.63, 3.8) is 0 Å². The van der Waals surface area contributed by atoms with E-state index in [1.165, 1.54) is 24.5 Å². The number of ether oxygens (including phenoxy) is 1. The minimum atomic E-state index is -0.219. The van der Waals surface area contributed by atoms with Crippen LogP contribution in [0.2, 0.25) is 0 Å². The van der Waals surface area contributed by atoms with Crippen molar-refractivity contribution in [1.82, 2.24) is 9.80 Å². The minimum Gasteiger partial charge on any atom is -0.375 e. The molecule has 2 fully saturated rings. The minimum absolute atomic E-state index is 0.144. The van der Waals surface area contributed by atoms with Gasteiger partial charge < -0.3 is 9.64 Å². The molecule has 2 aromatic rings. The molecular formula is C26H33FN2O2. The van der Waals surface area contributed by atoms with E-state index in [9.17, 15) is 9.18 Å². The summed E-state index contributed by atoms with van der Waals surface area (Å²) in [5.74, 6) is -0.0746. The largest absolute Gasteiger partial charge is 0.375 e. The SMILES string of the molecule is O=C(CCc1ccccc1F)N1CCC(N2CCC[C@@H]2COCc2ccccc2)CC1. The predicted octanol–water partition coefficient (Wildman–Crippen LogP) is 4.43. The van der Waals surface area contributed by atoms with Gasteiger partial charge in [-0.3, -0.25) is 9.69 Å². The molecule has 4 nitrogen and oxygen atoms in total. The summed E-state index contributed by atoms with van der Waals surface area (Å²) in [5, 5.41) is 0. The first kappa shape index (κ1) is 22.0. The zero-order chi connectivity index (χ0) is 21.5. The van der Waals surface area contributed by atoms with Gasteiger partial charge in [0.1, 0.15) is 5.82 Å². The number of benzene rings is 2. The lowest BCUT2D eigenvalue weighted by atomic mass is 10.0. The molecule has 5 heteroatoms. The Morgan fingerprint density at radius 1 is 0.968 bits per heavy atom. The predicted molar refractivity (Wildman–Crippen MR) is 120 cm³/mol. The van der Waals surface area contributed by atoms with Crippen molar-refractivity contribution in [1.29, 1.82) is 0 Å². The first-order valence-corrected chi connectivity index (χ1v) is 11.6. The van der Waals surface area contributed by atoms with E-state index >= 15 is 0 Å². The monoisotopic (exact) mass is 424 g/mol. The lowest BCUT2D eigenvalue weighted by Gasteiger charge is -2.39. The Hall–Kier alpha value is -2.24. The molecule has 0 saturated carbocycles. The average Bonchev–Trinajstić information content (AvgIpc) is 3.28. The molecular weight excluding hydrogens is 391 g/mol. The number of rotatable bonds is 8. The summed E-state index contributed by atoms with van der Waals surface area (Å²) in [6.07, 6.45) is 5.29. The highest BCUT2D eigenvalue weighted by Crippen LogP contribution is 2.27. The summed E-state index contributed by atoms with van der Waals surface area (Å²) in [4.78, 5) is 17.2. The summed E-state index contributed by atoms with van der Waals surface area (Å²) in [5.41, 5.74) is 1.84. The Morgan fingerprint density at radius 2 is 1.71 bits per heavy atom. The Kier molecular flexibility index (Phi) is 7.71. The number of likely N-dealkylation sites (tertiary alicyclic amines) is 2. The number of piperidine rings is 1. The molecule has 2 aliphatic rings. The van der Waals surface area contributed by atoms with E-state index in [1.807, 2.05) is 29.2 Å². The number of nitrogens with zero attached hydrogens (tertiary/aromatic N) is 2. The van der Waals surface area contributed by atoms with Gasteiger partial charge in [-0.25, -0.2) is 4.39 Å². The van der Waals surface area contributed by atoms with Crippen LogP contribution in [0.3, 0.4) is 0 Å². The zero-order valence-electron chi connectivity index (χ0n) is 18.2. The number of aryl methyl sites for hydroxylation is 1. The van der Waals surface area contributed by atoms with Gasteiger partial charge in [0, 0.05) is 31.6 Å². The molecule has 4 rings (SSSR count). The molecule has 2 saturated heterocycles. The Bertz CT molecular complexity index is 836. The molecule has 2 heterocycles. The van der Waals surface area contributed by atoms with Crippen LogP contribution in [0.4, 0.5) is 4.39 Å². The van der Waals surface area contributed by atoms with Crippen LogP contribution in [0.25, 0.3) is 0 Å². The summed E-state index contributed by atoms with van der Waals surface area (Å²) in [7, 11) is 0. The molecule has 0 bridgehead atoms. The molecule has 0 N–H and O–H groups in total. The van der Waals surface area contributed by atoms with Crippen LogP contribution in [0.1, 0.15) is 43.2 Å². The van der Waals surface area contributed by atoms with Crippen LogP contribution in [0.15, 0.2) is 54.6 Å². The number of carbonyl (C=O) groups is 1. The quantitative estimate of drug-likeness (QED) is 0.629. The topological polar surface area (TPSA) is 32.8 Å². The van der Waals surface area contributed by atoms with E-state index in [4.69, 9.17) is 4.74 Å². The van der Waals surface area contributed by atoms with Crippen molar-refractivity contribution in [2.45, 2.75) is 57.2 Å². The van der Waals surface area contributed by atoms with Gasteiger partial charge in [0.15, 0.2) is 0 Å². The molecule has 0 unspecified atom stereocenters. The van der Waals surface area contributed by atoms with Crippen LogP contribution in [-0.2, 0) is 22.6 Å². The fourth-order valence-corrected chi connectivity index (χ4v) is 4.95. The molecule has 0 aliphatic carbocycles. The van der Waals surface area contributed by atoms with Crippen LogP contribution in [0, 0.1) is 5.82 Å². The standard InChI is InChI=1S/C26H33FN2O2/c27-25-11-5-4-9-22(25)12-13-26(30)28-17-14-23(15-18-28)29-16-6-10-24(29)20-31-19-21-7-2-1-3-8-21/h1-5,7-9,11,23-24H,6,10,12-20H2/t24-/m1/s1. The number of hydrogen-bond donors (Lipinski definition) is 0. The normalized spacial score (nSPS) is 20.3. The van der Waals surface area contributed by atoms with E-state index in [0.717, 1.165) is 39.1 Å². The maximum absolute atomic E-state index is 13.8.